The zero-order chi connectivity index (χ0) is 11.7. The van der Waals surface area contributed by atoms with Gasteiger partial charge in [-0.25, -0.2) is 0 Å². The van der Waals surface area contributed by atoms with Gasteiger partial charge in [-0.1, -0.05) is 6.92 Å². The van der Waals surface area contributed by atoms with Crippen molar-refractivity contribution in [3.05, 3.63) is 0 Å². The Morgan fingerprint density at radius 2 is 2.20 bits per heavy atom. The van der Waals surface area contributed by atoms with Gasteiger partial charge in [0.15, 0.2) is 0 Å². The first-order valence-electron chi connectivity index (χ1n) is 5.27. The van der Waals surface area contributed by atoms with E-state index >= 15 is 0 Å². The number of amides is 1. The van der Waals surface area contributed by atoms with E-state index in [4.69, 9.17) is 4.74 Å². The lowest BCUT2D eigenvalue weighted by molar-refractivity contribution is -0.121. The van der Waals surface area contributed by atoms with Crippen molar-refractivity contribution in [1.82, 2.24) is 10.6 Å². The van der Waals surface area contributed by atoms with Gasteiger partial charge in [0, 0.05) is 19.7 Å². The van der Waals surface area contributed by atoms with Crippen molar-refractivity contribution in [3.63, 3.8) is 0 Å². The molecule has 0 fully saturated rings. The number of rotatable bonds is 8. The number of methoxy groups -OCH3 is 1. The molecule has 2 unspecified atom stereocenters. The Labute approximate surface area is 91.2 Å². The van der Waals surface area contributed by atoms with Crippen LogP contribution in [0.25, 0.3) is 0 Å². The molecule has 2 atom stereocenters. The fourth-order valence-corrected chi connectivity index (χ4v) is 0.957. The molecular formula is C10H22N2O3. The number of hydrogen-bond acceptors (Lipinski definition) is 4. The van der Waals surface area contributed by atoms with Gasteiger partial charge in [0.2, 0.25) is 5.91 Å². The van der Waals surface area contributed by atoms with E-state index < -0.39 is 6.10 Å². The van der Waals surface area contributed by atoms with Gasteiger partial charge in [-0.2, -0.15) is 0 Å². The minimum absolute atomic E-state index is 0.106. The van der Waals surface area contributed by atoms with Crippen LogP contribution in [0.4, 0.5) is 0 Å². The van der Waals surface area contributed by atoms with Crippen LogP contribution in [0.2, 0.25) is 0 Å². The smallest absolute Gasteiger partial charge is 0.234 e. The van der Waals surface area contributed by atoms with Crippen molar-refractivity contribution < 1.29 is 14.6 Å². The van der Waals surface area contributed by atoms with Crippen molar-refractivity contribution in [1.29, 1.82) is 0 Å². The Kier molecular flexibility index (Phi) is 8.27. The summed E-state index contributed by atoms with van der Waals surface area (Å²) in [6, 6.07) is 0.333. The molecule has 0 bridgehead atoms. The van der Waals surface area contributed by atoms with E-state index in [1.165, 1.54) is 7.11 Å². The monoisotopic (exact) mass is 218 g/mol. The predicted octanol–water partition coefficient (Wildman–Crippen LogP) is -0.502. The van der Waals surface area contributed by atoms with Crippen molar-refractivity contribution in [3.8, 4) is 0 Å². The molecule has 0 heterocycles. The third kappa shape index (κ3) is 8.35. The van der Waals surface area contributed by atoms with Crippen LogP contribution in [0, 0.1) is 0 Å². The molecule has 5 heteroatoms. The molecule has 0 aliphatic heterocycles. The molecule has 0 spiro atoms. The SMILES string of the molecule is CCC(C)NCC(=O)NCC(O)COC. The highest BCUT2D eigenvalue weighted by atomic mass is 16.5. The molecule has 0 saturated heterocycles. The quantitative estimate of drug-likeness (QED) is 0.513. The van der Waals surface area contributed by atoms with Gasteiger partial charge in [0.05, 0.1) is 19.3 Å². The summed E-state index contributed by atoms with van der Waals surface area (Å²) < 4.78 is 4.73. The first-order chi connectivity index (χ1) is 7.10. The third-order valence-corrected chi connectivity index (χ3v) is 2.12. The molecule has 0 aromatic carbocycles. The lowest BCUT2D eigenvalue weighted by Gasteiger charge is -2.13. The Morgan fingerprint density at radius 1 is 1.53 bits per heavy atom. The highest BCUT2D eigenvalue weighted by Gasteiger charge is 2.07. The second-order valence-electron chi connectivity index (χ2n) is 3.60. The molecule has 15 heavy (non-hydrogen) atoms. The van der Waals surface area contributed by atoms with Crippen molar-refractivity contribution >= 4 is 5.91 Å². The fraction of sp³-hybridized carbons (Fsp3) is 0.900. The Morgan fingerprint density at radius 3 is 2.73 bits per heavy atom. The van der Waals surface area contributed by atoms with Gasteiger partial charge in [-0.3, -0.25) is 4.79 Å². The van der Waals surface area contributed by atoms with Crippen LogP contribution in [0.1, 0.15) is 20.3 Å². The third-order valence-electron chi connectivity index (χ3n) is 2.12. The summed E-state index contributed by atoms with van der Waals surface area (Å²) in [6.07, 6.45) is 0.349. The summed E-state index contributed by atoms with van der Waals surface area (Å²) in [5, 5.41) is 14.9. The summed E-state index contributed by atoms with van der Waals surface area (Å²) in [4.78, 5) is 11.2. The normalized spacial score (nSPS) is 14.7. The summed E-state index contributed by atoms with van der Waals surface area (Å²) in [6.45, 7) is 4.83. The first kappa shape index (κ1) is 14.3. The van der Waals surface area contributed by atoms with E-state index in [0.717, 1.165) is 6.42 Å². The summed E-state index contributed by atoms with van der Waals surface area (Å²) in [7, 11) is 1.51. The Hall–Kier alpha value is -0.650. The molecule has 0 radical (unpaired) electrons. The molecule has 0 aromatic rings. The molecule has 3 N–H and O–H groups in total. The van der Waals surface area contributed by atoms with Crippen LogP contribution >= 0.6 is 0 Å². The largest absolute Gasteiger partial charge is 0.389 e. The Bertz CT molecular complexity index is 176. The van der Waals surface area contributed by atoms with E-state index in [0.29, 0.717) is 6.04 Å². The van der Waals surface area contributed by atoms with Gasteiger partial charge in [0.1, 0.15) is 0 Å². The minimum Gasteiger partial charge on any atom is -0.389 e. The Balaban J connectivity index is 3.48. The second-order valence-corrected chi connectivity index (χ2v) is 3.60. The number of hydrogen-bond donors (Lipinski definition) is 3. The first-order valence-corrected chi connectivity index (χ1v) is 5.27. The molecule has 0 aromatic heterocycles. The number of ether oxygens (including phenoxy) is 1. The van der Waals surface area contributed by atoms with Gasteiger partial charge in [0.25, 0.3) is 0 Å². The molecule has 5 nitrogen and oxygen atoms in total. The highest BCUT2D eigenvalue weighted by molar-refractivity contribution is 5.78. The summed E-state index contributed by atoms with van der Waals surface area (Å²) >= 11 is 0. The maximum atomic E-state index is 11.2. The average molecular weight is 218 g/mol. The minimum atomic E-state index is -0.637. The maximum Gasteiger partial charge on any atom is 0.234 e. The molecule has 1 amide bonds. The van der Waals surface area contributed by atoms with E-state index in [2.05, 4.69) is 17.6 Å². The number of aliphatic hydroxyl groups excluding tert-OH is 1. The number of carbonyl (C=O) groups excluding carboxylic acids is 1. The van der Waals surface area contributed by atoms with E-state index in [9.17, 15) is 9.90 Å². The zero-order valence-electron chi connectivity index (χ0n) is 9.75. The van der Waals surface area contributed by atoms with E-state index in [-0.39, 0.29) is 25.6 Å². The van der Waals surface area contributed by atoms with Crippen LogP contribution in [0.3, 0.4) is 0 Å². The lowest BCUT2D eigenvalue weighted by Crippen LogP contribution is -2.41. The average Bonchev–Trinajstić information content (AvgIpc) is 2.23. The van der Waals surface area contributed by atoms with Crippen molar-refractivity contribution in [2.45, 2.75) is 32.4 Å². The highest BCUT2D eigenvalue weighted by Crippen LogP contribution is 1.86. The van der Waals surface area contributed by atoms with Crippen molar-refractivity contribution in [2.24, 2.45) is 0 Å². The zero-order valence-corrected chi connectivity index (χ0v) is 9.75. The standard InChI is InChI=1S/C10H22N2O3/c1-4-8(2)11-6-10(14)12-5-9(13)7-15-3/h8-9,11,13H,4-7H2,1-3H3,(H,12,14). The molecule has 90 valence electrons. The molecule has 0 aliphatic rings. The molecule has 0 saturated carbocycles. The predicted molar refractivity (Wildman–Crippen MR) is 58.6 cm³/mol. The molecular weight excluding hydrogens is 196 g/mol. The van der Waals surface area contributed by atoms with Gasteiger partial charge >= 0.3 is 0 Å². The topological polar surface area (TPSA) is 70.6 Å². The lowest BCUT2D eigenvalue weighted by atomic mass is 10.2. The second kappa shape index (κ2) is 8.64. The van der Waals surface area contributed by atoms with Crippen LogP contribution in [-0.2, 0) is 9.53 Å². The van der Waals surface area contributed by atoms with Crippen molar-refractivity contribution in [2.75, 3.05) is 26.8 Å². The fourth-order valence-electron chi connectivity index (χ4n) is 0.957. The van der Waals surface area contributed by atoms with Gasteiger partial charge in [-0.05, 0) is 13.3 Å². The van der Waals surface area contributed by atoms with Crippen LogP contribution in [0.5, 0.6) is 0 Å². The van der Waals surface area contributed by atoms with E-state index in [1.807, 2.05) is 6.92 Å². The van der Waals surface area contributed by atoms with Crippen LogP contribution in [0.15, 0.2) is 0 Å². The number of aliphatic hydroxyl groups is 1. The molecule has 0 rings (SSSR count). The van der Waals surface area contributed by atoms with E-state index in [1.54, 1.807) is 0 Å². The van der Waals surface area contributed by atoms with Crippen LogP contribution < -0.4 is 10.6 Å². The van der Waals surface area contributed by atoms with Gasteiger partial charge in [-0.15, -0.1) is 0 Å². The maximum absolute atomic E-state index is 11.2. The van der Waals surface area contributed by atoms with Crippen LogP contribution in [-0.4, -0.2) is 50.0 Å². The summed E-state index contributed by atoms with van der Waals surface area (Å²) in [5.74, 6) is -0.106. The number of nitrogens with one attached hydrogen (secondary N) is 2. The van der Waals surface area contributed by atoms with Gasteiger partial charge < -0.3 is 20.5 Å². The number of carbonyl (C=O) groups is 1. The summed E-state index contributed by atoms with van der Waals surface area (Å²) in [5.41, 5.74) is 0. The molecule has 0 aliphatic carbocycles.